The van der Waals surface area contributed by atoms with Crippen LogP contribution in [0, 0.1) is 0 Å². The number of carbonyl (C=O) groups is 3. The first-order valence-electron chi connectivity index (χ1n) is 6.03. The van der Waals surface area contributed by atoms with E-state index in [-0.39, 0.29) is 23.0 Å². The van der Waals surface area contributed by atoms with Crippen LogP contribution in [-0.2, 0) is 9.59 Å². The minimum Gasteiger partial charge on any atom is -0.487 e. The summed E-state index contributed by atoms with van der Waals surface area (Å²) in [4.78, 5) is 34.5. The zero-order chi connectivity index (χ0) is 16.3. The molecular weight excluding hydrogens is 331 g/mol. The first-order chi connectivity index (χ1) is 10.4. The molecule has 1 heterocycles. The molecule has 1 aromatic rings. The van der Waals surface area contributed by atoms with Gasteiger partial charge in [0, 0.05) is 10.6 Å². The van der Waals surface area contributed by atoms with Crippen LogP contribution >= 0.6 is 23.2 Å². The van der Waals surface area contributed by atoms with E-state index in [1.165, 1.54) is 24.3 Å². The van der Waals surface area contributed by atoms with Crippen molar-refractivity contribution in [2.75, 3.05) is 6.61 Å². The average Bonchev–Trinajstić information content (AvgIpc) is 2.41. The number of barbiturate groups is 1. The van der Waals surface area contributed by atoms with Crippen LogP contribution in [0.25, 0.3) is 6.08 Å². The Balaban J connectivity index is 2.49. The maximum atomic E-state index is 11.7. The van der Waals surface area contributed by atoms with Crippen LogP contribution in [0.2, 0.25) is 10.0 Å². The van der Waals surface area contributed by atoms with Crippen LogP contribution in [0.15, 0.2) is 30.4 Å². The Labute approximate surface area is 135 Å². The van der Waals surface area contributed by atoms with Gasteiger partial charge in [-0.25, -0.2) is 4.79 Å². The van der Waals surface area contributed by atoms with Crippen LogP contribution in [0.3, 0.4) is 0 Å². The summed E-state index contributed by atoms with van der Waals surface area (Å²) in [5.41, 5.74) is 0.0652. The van der Waals surface area contributed by atoms with Crippen molar-refractivity contribution in [2.24, 2.45) is 0 Å². The molecule has 0 saturated carbocycles. The lowest BCUT2D eigenvalue weighted by molar-refractivity contribution is -0.123. The average molecular weight is 341 g/mol. The van der Waals surface area contributed by atoms with Crippen LogP contribution in [0.5, 0.6) is 5.75 Å². The lowest BCUT2D eigenvalue weighted by atomic mass is 10.1. The largest absolute Gasteiger partial charge is 0.487 e. The highest BCUT2D eigenvalue weighted by atomic mass is 35.5. The number of amides is 4. The summed E-state index contributed by atoms with van der Waals surface area (Å²) in [5.74, 6) is -1.39. The maximum absolute atomic E-state index is 11.7. The maximum Gasteiger partial charge on any atom is 0.328 e. The third-order valence-electron chi connectivity index (χ3n) is 2.63. The van der Waals surface area contributed by atoms with Crippen LogP contribution < -0.4 is 15.4 Å². The molecule has 4 amide bonds. The van der Waals surface area contributed by atoms with E-state index >= 15 is 0 Å². The molecule has 0 radical (unpaired) electrons. The van der Waals surface area contributed by atoms with Gasteiger partial charge in [0.2, 0.25) is 0 Å². The van der Waals surface area contributed by atoms with Crippen molar-refractivity contribution in [1.29, 1.82) is 0 Å². The molecule has 2 N–H and O–H groups in total. The van der Waals surface area contributed by atoms with Crippen LogP contribution in [0.4, 0.5) is 4.79 Å². The second-order valence-corrected chi connectivity index (χ2v) is 5.04. The summed E-state index contributed by atoms with van der Waals surface area (Å²) in [5, 5.41) is 4.46. The Hall–Kier alpha value is -2.31. The van der Waals surface area contributed by atoms with Crippen molar-refractivity contribution in [3.05, 3.63) is 46.0 Å². The van der Waals surface area contributed by atoms with Crippen molar-refractivity contribution < 1.29 is 19.1 Å². The van der Waals surface area contributed by atoms with Gasteiger partial charge in [-0.15, -0.1) is 0 Å². The van der Waals surface area contributed by atoms with Crippen molar-refractivity contribution in [2.45, 2.75) is 0 Å². The van der Waals surface area contributed by atoms with Gasteiger partial charge < -0.3 is 4.74 Å². The third kappa shape index (κ3) is 3.47. The third-order valence-corrected chi connectivity index (χ3v) is 3.12. The zero-order valence-electron chi connectivity index (χ0n) is 11.1. The molecule has 1 fully saturated rings. The molecule has 0 spiro atoms. The minimum atomic E-state index is -0.876. The van der Waals surface area contributed by atoms with Gasteiger partial charge in [-0.3, -0.25) is 20.2 Å². The van der Waals surface area contributed by atoms with E-state index in [2.05, 4.69) is 6.58 Å². The summed E-state index contributed by atoms with van der Waals surface area (Å²) in [6.07, 6.45) is 2.76. The normalized spacial score (nSPS) is 14.3. The number of urea groups is 1. The van der Waals surface area contributed by atoms with Crippen molar-refractivity contribution >= 4 is 47.1 Å². The first kappa shape index (κ1) is 16.1. The van der Waals surface area contributed by atoms with E-state index in [9.17, 15) is 14.4 Å². The lowest BCUT2D eigenvalue weighted by Crippen LogP contribution is -2.51. The standard InChI is InChI=1S/C14H10Cl2N2O4/c1-2-3-22-11-7(4-8(15)6-10(11)16)5-9-12(19)17-14(21)18-13(9)20/h2,4-6H,1,3H2,(H2,17,18,19,20,21). The van der Waals surface area contributed by atoms with E-state index in [1.54, 1.807) is 0 Å². The van der Waals surface area contributed by atoms with Gasteiger partial charge in [-0.2, -0.15) is 0 Å². The van der Waals surface area contributed by atoms with Gasteiger partial charge in [0.15, 0.2) is 0 Å². The molecule has 6 nitrogen and oxygen atoms in total. The number of ether oxygens (including phenoxy) is 1. The summed E-state index contributed by atoms with van der Waals surface area (Å²) in [6, 6.07) is 2.07. The summed E-state index contributed by atoms with van der Waals surface area (Å²) in [7, 11) is 0. The van der Waals surface area contributed by atoms with Gasteiger partial charge in [0.05, 0.1) is 5.02 Å². The monoisotopic (exact) mass is 340 g/mol. The molecule has 0 aliphatic carbocycles. The Kier molecular flexibility index (Phi) is 4.85. The van der Waals surface area contributed by atoms with Crippen molar-refractivity contribution in [1.82, 2.24) is 10.6 Å². The smallest absolute Gasteiger partial charge is 0.328 e. The number of imide groups is 2. The van der Waals surface area contributed by atoms with E-state index < -0.39 is 17.8 Å². The molecule has 0 unspecified atom stereocenters. The number of halogens is 2. The van der Waals surface area contributed by atoms with Crippen LogP contribution in [-0.4, -0.2) is 24.5 Å². The molecule has 1 aliphatic heterocycles. The molecular formula is C14H10Cl2N2O4. The van der Waals surface area contributed by atoms with E-state index in [0.717, 1.165) is 0 Å². The van der Waals surface area contributed by atoms with Crippen LogP contribution in [0.1, 0.15) is 5.56 Å². The number of hydrogen-bond acceptors (Lipinski definition) is 4. The zero-order valence-corrected chi connectivity index (χ0v) is 12.6. The van der Waals surface area contributed by atoms with Gasteiger partial charge in [0.1, 0.15) is 17.9 Å². The highest BCUT2D eigenvalue weighted by Gasteiger charge is 2.28. The number of carbonyl (C=O) groups excluding carboxylic acids is 3. The molecule has 0 bridgehead atoms. The highest BCUT2D eigenvalue weighted by Crippen LogP contribution is 2.34. The van der Waals surface area contributed by atoms with E-state index in [0.29, 0.717) is 10.6 Å². The quantitative estimate of drug-likeness (QED) is 0.500. The Morgan fingerprint density at radius 1 is 1.14 bits per heavy atom. The first-order valence-corrected chi connectivity index (χ1v) is 6.79. The molecule has 1 saturated heterocycles. The van der Waals surface area contributed by atoms with Gasteiger partial charge in [0.25, 0.3) is 11.8 Å². The lowest BCUT2D eigenvalue weighted by Gasteiger charge is -2.15. The fourth-order valence-corrected chi connectivity index (χ4v) is 2.31. The van der Waals surface area contributed by atoms with E-state index in [1.807, 2.05) is 10.6 Å². The Morgan fingerprint density at radius 3 is 2.36 bits per heavy atom. The van der Waals surface area contributed by atoms with Gasteiger partial charge in [-0.1, -0.05) is 35.9 Å². The summed E-state index contributed by atoms with van der Waals surface area (Å²) < 4.78 is 5.42. The molecule has 2 rings (SSSR count). The number of rotatable bonds is 4. The van der Waals surface area contributed by atoms with Crippen molar-refractivity contribution in [3.63, 3.8) is 0 Å². The van der Waals surface area contributed by atoms with Gasteiger partial charge >= 0.3 is 6.03 Å². The minimum absolute atomic E-state index is 0.175. The predicted molar refractivity (Wildman–Crippen MR) is 81.8 cm³/mol. The predicted octanol–water partition coefficient (Wildman–Crippen LogP) is 2.31. The number of benzene rings is 1. The SMILES string of the molecule is C=CCOc1c(Cl)cc(Cl)cc1C=C1C(=O)NC(=O)NC1=O. The second-order valence-electron chi connectivity index (χ2n) is 4.20. The molecule has 0 atom stereocenters. The van der Waals surface area contributed by atoms with Crippen molar-refractivity contribution in [3.8, 4) is 5.75 Å². The molecule has 8 heteroatoms. The van der Waals surface area contributed by atoms with Gasteiger partial charge in [-0.05, 0) is 18.2 Å². The Bertz CT molecular complexity index is 691. The Morgan fingerprint density at radius 2 is 1.77 bits per heavy atom. The second kappa shape index (κ2) is 6.64. The fourth-order valence-electron chi connectivity index (χ4n) is 1.74. The molecule has 22 heavy (non-hydrogen) atoms. The molecule has 1 aliphatic rings. The molecule has 0 aromatic heterocycles. The number of hydrogen-bond donors (Lipinski definition) is 2. The topological polar surface area (TPSA) is 84.5 Å². The number of nitrogens with one attached hydrogen (secondary N) is 2. The summed E-state index contributed by atoms with van der Waals surface area (Å²) >= 11 is 12.0. The van der Waals surface area contributed by atoms with E-state index in [4.69, 9.17) is 27.9 Å². The molecule has 114 valence electrons. The fraction of sp³-hybridized carbons (Fsp3) is 0.0714. The summed E-state index contributed by atoms with van der Waals surface area (Å²) in [6.45, 7) is 3.70. The highest BCUT2D eigenvalue weighted by molar-refractivity contribution is 6.36. The molecule has 1 aromatic carbocycles.